The third-order valence-corrected chi connectivity index (χ3v) is 3.02. The van der Waals surface area contributed by atoms with Crippen molar-refractivity contribution in [1.82, 2.24) is 9.97 Å². The molecule has 0 saturated carbocycles. The number of hydrogen-bond donors (Lipinski definition) is 3. The van der Waals surface area contributed by atoms with Gasteiger partial charge in [0.1, 0.15) is 0 Å². The Balaban J connectivity index is 2.15. The zero-order valence-corrected chi connectivity index (χ0v) is 12.3. The average molecular weight is 299 g/mol. The molecule has 1 aromatic rings. The number of nitrogens with two attached hydrogens (primary N) is 1. The van der Waals surface area contributed by atoms with E-state index in [-0.39, 0.29) is 17.3 Å². The van der Waals surface area contributed by atoms with Crippen molar-refractivity contribution in [2.24, 2.45) is 0 Å². The van der Waals surface area contributed by atoms with Crippen molar-refractivity contribution < 1.29 is 9.53 Å². The lowest BCUT2D eigenvalue weighted by Crippen LogP contribution is -2.20. The van der Waals surface area contributed by atoms with Crippen LogP contribution in [0.4, 0.5) is 11.6 Å². The van der Waals surface area contributed by atoms with E-state index in [0.717, 1.165) is 0 Å². The summed E-state index contributed by atoms with van der Waals surface area (Å²) in [5.74, 6) is 0.248. The number of anilines is 2. The fourth-order valence-electron chi connectivity index (χ4n) is 1.98. The van der Waals surface area contributed by atoms with Crippen LogP contribution in [0, 0.1) is 5.41 Å². The number of methoxy groups -OCH3 is 1. The van der Waals surface area contributed by atoms with Gasteiger partial charge in [-0.3, -0.25) is 5.41 Å². The van der Waals surface area contributed by atoms with E-state index in [1.165, 1.54) is 13.3 Å². The fourth-order valence-corrected chi connectivity index (χ4v) is 1.98. The van der Waals surface area contributed by atoms with Crippen molar-refractivity contribution >= 4 is 23.3 Å². The maximum atomic E-state index is 11.6. The molecular formula is C15H17N5O2. The van der Waals surface area contributed by atoms with Crippen LogP contribution in [0.1, 0.15) is 6.92 Å². The molecule has 7 heteroatoms. The zero-order valence-electron chi connectivity index (χ0n) is 12.3. The monoisotopic (exact) mass is 299 g/mol. The third kappa shape index (κ3) is 3.38. The molecule has 1 aromatic heterocycles. The molecular weight excluding hydrogens is 282 g/mol. The number of nitrogens with one attached hydrogen (secondary N) is 2. The van der Waals surface area contributed by atoms with Gasteiger partial charge in [0, 0.05) is 18.4 Å². The Bertz CT molecular complexity index is 691. The van der Waals surface area contributed by atoms with E-state index in [1.54, 1.807) is 24.4 Å². The number of hydrogen-bond acceptors (Lipinski definition) is 7. The molecule has 1 unspecified atom stereocenters. The quantitative estimate of drug-likeness (QED) is 0.725. The number of esters is 1. The van der Waals surface area contributed by atoms with E-state index in [2.05, 4.69) is 20.0 Å². The van der Waals surface area contributed by atoms with Crippen LogP contribution in [0.15, 0.2) is 47.8 Å². The molecule has 7 nitrogen and oxygen atoms in total. The molecule has 22 heavy (non-hydrogen) atoms. The Morgan fingerprint density at radius 2 is 2.18 bits per heavy atom. The Morgan fingerprint density at radius 3 is 2.86 bits per heavy atom. The van der Waals surface area contributed by atoms with Gasteiger partial charge in [-0.05, 0) is 18.6 Å². The molecule has 0 aliphatic heterocycles. The lowest BCUT2D eigenvalue weighted by atomic mass is 9.96. The number of carbonyl (C=O) groups excluding carboxylic acids is 1. The molecule has 0 radical (unpaired) electrons. The van der Waals surface area contributed by atoms with Gasteiger partial charge in [-0.2, -0.15) is 0 Å². The summed E-state index contributed by atoms with van der Waals surface area (Å²) in [6, 6.07) is -0.156. The molecule has 0 amide bonds. The number of aromatic nitrogens is 2. The van der Waals surface area contributed by atoms with Crippen LogP contribution in [0.25, 0.3) is 0 Å². The third-order valence-electron chi connectivity index (χ3n) is 3.02. The van der Waals surface area contributed by atoms with Crippen molar-refractivity contribution in [1.29, 1.82) is 5.41 Å². The van der Waals surface area contributed by atoms with Crippen LogP contribution in [0.5, 0.6) is 0 Å². The highest BCUT2D eigenvalue weighted by atomic mass is 16.5. The molecule has 1 aliphatic carbocycles. The topological polar surface area (TPSA) is 114 Å². The van der Waals surface area contributed by atoms with Crippen molar-refractivity contribution in [3.8, 4) is 0 Å². The number of carbonyl (C=O) groups is 1. The molecule has 0 saturated heterocycles. The first-order chi connectivity index (χ1) is 10.5. The molecule has 0 aromatic carbocycles. The Morgan fingerprint density at radius 1 is 1.45 bits per heavy atom. The summed E-state index contributed by atoms with van der Waals surface area (Å²) in [7, 11) is 1.29. The maximum absolute atomic E-state index is 11.6. The summed E-state index contributed by atoms with van der Waals surface area (Å²) in [5.41, 5.74) is 6.69. The molecule has 2 rings (SSSR count). The predicted octanol–water partition coefficient (Wildman–Crippen LogP) is 1.47. The number of ether oxygens (including phenoxy) is 1. The second kappa shape index (κ2) is 6.66. The lowest BCUT2D eigenvalue weighted by molar-refractivity contribution is -0.135. The second-order valence-corrected chi connectivity index (χ2v) is 4.65. The number of nitrogens with zero attached hydrogens (tertiary/aromatic N) is 2. The number of allylic oxidation sites excluding steroid dienone is 4. The summed E-state index contributed by atoms with van der Waals surface area (Å²) < 4.78 is 4.67. The normalized spacial score (nSPS) is 17.1. The van der Waals surface area contributed by atoms with Gasteiger partial charge in [0.25, 0.3) is 0 Å². The summed E-state index contributed by atoms with van der Waals surface area (Å²) >= 11 is 0. The summed E-state index contributed by atoms with van der Waals surface area (Å²) in [6.45, 7) is 1.89. The van der Waals surface area contributed by atoms with Crippen LogP contribution in [-0.4, -0.2) is 34.8 Å². The predicted molar refractivity (Wildman–Crippen MR) is 84.6 cm³/mol. The Kier molecular flexibility index (Phi) is 4.67. The molecule has 1 atom stereocenters. The molecule has 0 fully saturated rings. The van der Waals surface area contributed by atoms with E-state index in [1.807, 2.05) is 13.0 Å². The van der Waals surface area contributed by atoms with E-state index in [9.17, 15) is 4.79 Å². The number of rotatable bonds is 4. The zero-order chi connectivity index (χ0) is 16.1. The van der Waals surface area contributed by atoms with Gasteiger partial charge in [-0.15, -0.1) is 0 Å². The first kappa shape index (κ1) is 15.4. The van der Waals surface area contributed by atoms with Crippen LogP contribution in [0.2, 0.25) is 0 Å². The van der Waals surface area contributed by atoms with E-state index < -0.39 is 5.97 Å². The van der Waals surface area contributed by atoms with Gasteiger partial charge in [0.15, 0.2) is 11.6 Å². The minimum absolute atomic E-state index is 0.120. The molecule has 0 bridgehead atoms. The number of nitrogen functional groups attached to an aromatic ring is 1. The summed E-state index contributed by atoms with van der Waals surface area (Å²) in [5, 5.41) is 11.2. The molecule has 1 aliphatic rings. The van der Waals surface area contributed by atoms with Gasteiger partial charge in [-0.1, -0.05) is 18.2 Å². The highest BCUT2D eigenvalue weighted by Crippen LogP contribution is 2.18. The average Bonchev–Trinajstić information content (AvgIpc) is 2.51. The highest BCUT2D eigenvalue weighted by Gasteiger charge is 2.20. The van der Waals surface area contributed by atoms with E-state index >= 15 is 0 Å². The van der Waals surface area contributed by atoms with E-state index in [4.69, 9.17) is 11.1 Å². The molecule has 0 spiro atoms. The standard InChI is InChI=1S/C15H17N5O2/c1-9(20-14-13(17)18-6-7-19-14)8-10-4-3-5-11(12(10)16)15(21)22-2/h3-9,16H,1-2H3,(H2,17,18)(H,19,20)/b10-8-,16-12?. The summed E-state index contributed by atoms with van der Waals surface area (Å²) in [6.07, 6.45) is 9.88. The van der Waals surface area contributed by atoms with E-state index in [0.29, 0.717) is 17.2 Å². The first-order valence-corrected chi connectivity index (χ1v) is 6.63. The lowest BCUT2D eigenvalue weighted by Gasteiger charge is -2.16. The van der Waals surface area contributed by atoms with Gasteiger partial charge >= 0.3 is 5.97 Å². The smallest absolute Gasteiger partial charge is 0.340 e. The van der Waals surface area contributed by atoms with Gasteiger partial charge in [0.2, 0.25) is 0 Å². The minimum Gasteiger partial charge on any atom is -0.465 e. The van der Waals surface area contributed by atoms with Crippen molar-refractivity contribution in [2.75, 3.05) is 18.2 Å². The molecule has 114 valence electrons. The first-order valence-electron chi connectivity index (χ1n) is 6.63. The van der Waals surface area contributed by atoms with Crippen molar-refractivity contribution in [3.63, 3.8) is 0 Å². The SMILES string of the molecule is COC(=O)C1=CC=C/C(=C/C(C)Nc2nccnc2N)C1=N. The highest BCUT2D eigenvalue weighted by molar-refractivity contribution is 6.27. The second-order valence-electron chi connectivity index (χ2n) is 4.65. The van der Waals surface area contributed by atoms with Crippen molar-refractivity contribution in [2.45, 2.75) is 13.0 Å². The van der Waals surface area contributed by atoms with Crippen molar-refractivity contribution in [3.05, 3.63) is 47.8 Å². The Hall–Kier alpha value is -2.96. The van der Waals surface area contributed by atoms with Gasteiger partial charge in [-0.25, -0.2) is 14.8 Å². The maximum Gasteiger partial charge on any atom is 0.340 e. The molecule has 4 N–H and O–H groups in total. The largest absolute Gasteiger partial charge is 0.465 e. The Labute approximate surface area is 128 Å². The summed E-state index contributed by atoms with van der Waals surface area (Å²) in [4.78, 5) is 19.6. The van der Waals surface area contributed by atoms with Crippen LogP contribution in [0.3, 0.4) is 0 Å². The van der Waals surface area contributed by atoms with Gasteiger partial charge < -0.3 is 15.8 Å². The van der Waals surface area contributed by atoms with Crippen LogP contribution in [-0.2, 0) is 9.53 Å². The van der Waals surface area contributed by atoms with Crippen LogP contribution < -0.4 is 11.1 Å². The minimum atomic E-state index is -0.529. The van der Waals surface area contributed by atoms with Crippen LogP contribution >= 0.6 is 0 Å². The molecule has 1 heterocycles. The fraction of sp³-hybridized carbons (Fsp3) is 0.200. The van der Waals surface area contributed by atoms with Gasteiger partial charge in [0.05, 0.1) is 18.4 Å².